The number of carbonyl (C=O) groups excluding carboxylic acids is 1. The molecule has 6 rings (SSSR count). The topological polar surface area (TPSA) is 58.4 Å². The first-order valence-corrected chi connectivity index (χ1v) is 11.9. The normalized spacial score (nSPS) is 20.1. The van der Waals surface area contributed by atoms with Gasteiger partial charge in [0.25, 0.3) is 5.91 Å². The Balaban J connectivity index is 1.36. The summed E-state index contributed by atoms with van der Waals surface area (Å²) in [4.78, 5) is 19.5. The molecule has 5 heteroatoms. The highest BCUT2D eigenvalue weighted by atomic mass is 16.3. The van der Waals surface area contributed by atoms with Gasteiger partial charge >= 0.3 is 0 Å². The van der Waals surface area contributed by atoms with E-state index in [-0.39, 0.29) is 5.91 Å². The molecule has 1 saturated heterocycles. The molecule has 2 aliphatic rings. The summed E-state index contributed by atoms with van der Waals surface area (Å²) < 4.78 is 5.68. The van der Waals surface area contributed by atoms with Crippen LogP contribution in [0.4, 0.5) is 0 Å². The highest BCUT2D eigenvalue weighted by Gasteiger charge is 2.41. The van der Waals surface area contributed by atoms with E-state index in [2.05, 4.69) is 57.7 Å². The van der Waals surface area contributed by atoms with Gasteiger partial charge in [-0.3, -0.25) is 14.7 Å². The molecule has 2 aromatic heterocycles. The predicted octanol–water partition coefficient (Wildman–Crippen LogP) is 5.45. The quantitative estimate of drug-likeness (QED) is 0.425. The summed E-state index contributed by atoms with van der Waals surface area (Å²) in [6.45, 7) is 1.34. The van der Waals surface area contributed by atoms with Gasteiger partial charge in [-0.1, -0.05) is 36.4 Å². The van der Waals surface area contributed by atoms with Crippen LogP contribution < -0.4 is 5.32 Å². The summed E-state index contributed by atoms with van der Waals surface area (Å²) in [5, 5.41) is 5.69. The zero-order valence-electron chi connectivity index (χ0n) is 19.0. The average Bonchev–Trinajstić information content (AvgIpc) is 3.50. The lowest BCUT2D eigenvalue weighted by atomic mass is 9.87. The van der Waals surface area contributed by atoms with Crippen LogP contribution in [-0.2, 0) is 6.54 Å². The third kappa shape index (κ3) is 3.93. The Bertz CT molecular complexity index is 1340. The van der Waals surface area contributed by atoms with E-state index in [1.165, 1.54) is 27.5 Å². The number of hydrogen-bond donors (Lipinski definition) is 1. The smallest absolute Gasteiger partial charge is 0.251 e. The lowest BCUT2D eigenvalue weighted by molar-refractivity contribution is 0.0954. The largest absolute Gasteiger partial charge is 0.468 e. The summed E-state index contributed by atoms with van der Waals surface area (Å²) in [5.41, 5.74) is 4.60. The summed E-state index contributed by atoms with van der Waals surface area (Å²) in [7, 11) is 0. The van der Waals surface area contributed by atoms with Gasteiger partial charge in [0.2, 0.25) is 0 Å². The van der Waals surface area contributed by atoms with Gasteiger partial charge < -0.3 is 9.73 Å². The van der Waals surface area contributed by atoms with Crippen molar-refractivity contribution in [3.8, 4) is 0 Å². The molecule has 4 heterocycles. The van der Waals surface area contributed by atoms with Crippen LogP contribution in [0, 0.1) is 0 Å². The summed E-state index contributed by atoms with van der Waals surface area (Å²) in [5.74, 6) is 0.927. The van der Waals surface area contributed by atoms with Crippen LogP contribution >= 0.6 is 0 Å². The lowest BCUT2D eigenvalue weighted by Crippen LogP contribution is -2.43. The zero-order valence-corrected chi connectivity index (χ0v) is 19.0. The number of carbonyl (C=O) groups is 1. The maximum Gasteiger partial charge on any atom is 0.251 e. The van der Waals surface area contributed by atoms with Crippen LogP contribution in [-0.4, -0.2) is 34.4 Å². The number of hydrogen-bond acceptors (Lipinski definition) is 4. The van der Waals surface area contributed by atoms with Crippen molar-refractivity contribution in [2.45, 2.75) is 37.9 Å². The number of nitrogens with zero attached hydrogens (tertiary/aromatic N) is 2. The van der Waals surface area contributed by atoms with Crippen molar-refractivity contribution in [1.82, 2.24) is 15.2 Å². The molecule has 2 aliphatic heterocycles. The molecule has 0 unspecified atom stereocenters. The van der Waals surface area contributed by atoms with Crippen molar-refractivity contribution in [3.63, 3.8) is 0 Å². The van der Waals surface area contributed by atoms with Gasteiger partial charge in [-0.15, -0.1) is 0 Å². The molecule has 0 radical (unpaired) electrons. The average molecular weight is 450 g/mol. The summed E-state index contributed by atoms with van der Waals surface area (Å²) in [6, 6.07) is 23.5. The van der Waals surface area contributed by atoms with Crippen molar-refractivity contribution in [1.29, 1.82) is 0 Å². The molecule has 170 valence electrons. The minimum Gasteiger partial charge on any atom is -0.468 e. The molecular weight excluding hydrogens is 422 g/mol. The first kappa shape index (κ1) is 20.9. The highest BCUT2D eigenvalue weighted by molar-refractivity contribution is 5.94. The maximum atomic E-state index is 12.9. The van der Waals surface area contributed by atoms with Crippen LogP contribution in [0.1, 0.15) is 40.9 Å². The van der Waals surface area contributed by atoms with E-state index in [1.807, 2.05) is 12.1 Å². The van der Waals surface area contributed by atoms with Crippen molar-refractivity contribution in [3.05, 3.63) is 108 Å². The number of rotatable bonds is 6. The maximum absolute atomic E-state index is 12.9. The van der Waals surface area contributed by atoms with E-state index in [9.17, 15) is 4.79 Å². The van der Waals surface area contributed by atoms with Crippen molar-refractivity contribution in [2.24, 2.45) is 0 Å². The number of pyridine rings is 1. The minimum atomic E-state index is -0.0644. The van der Waals surface area contributed by atoms with E-state index in [1.54, 1.807) is 30.8 Å². The van der Waals surface area contributed by atoms with E-state index in [0.29, 0.717) is 24.2 Å². The Hall–Kier alpha value is -3.70. The Morgan fingerprint density at radius 1 is 1.00 bits per heavy atom. The first-order valence-electron chi connectivity index (χ1n) is 11.9. The molecule has 34 heavy (non-hydrogen) atoms. The molecule has 2 aromatic carbocycles. The molecule has 1 amide bonds. The molecular formula is C29H27N3O2. The van der Waals surface area contributed by atoms with Crippen molar-refractivity contribution < 1.29 is 9.21 Å². The molecule has 0 spiro atoms. The predicted molar refractivity (Wildman–Crippen MR) is 133 cm³/mol. The van der Waals surface area contributed by atoms with E-state index >= 15 is 0 Å². The van der Waals surface area contributed by atoms with Crippen molar-refractivity contribution in [2.75, 3.05) is 6.54 Å². The van der Waals surface area contributed by atoms with Crippen LogP contribution in [0.2, 0.25) is 0 Å². The summed E-state index contributed by atoms with van der Waals surface area (Å²) >= 11 is 0. The third-order valence-electron chi connectivity index (χ3n) is 7.27. The van der Waals surface area contributed by atoms with E-state index in [4.69, 9.17) is 4.42 Å². The Morgan fingerprint density at radius 2 is 1.85 bits per heavy atom. The third-order valence-corrected chi connectivity index (χ3v) is 7.27. The molecule has 2 bridgehead atoms. The second-order valence-electron chi connectivity index (χ2n) is 9.19. The van der Waals surface area contributed by atoms with Crippen LogP contribution in [0.3, 0.4) is 0 Å². The van der Waals surface area contributed by atoms with Crippen LogP contribution in [0.5, 0.6) is 0 Å². The molecule has 2 atom stereocenters. The van der Waals surface area contributed by atoms with Gasteiger partial charge in [0, 0.05) is 36.6 Å². The molecule has 4 aromatic rings. The molecule has 0 saturated carbocycles. The first-order chi connectivity index (χ1) is 16.8. The SMILES string of the molecule is O=C(NCC1=C(c2ccc3ccccc3c2)C[C@@H]2CC[C@H]1N2Cc1ccco1)c1ccncc1. The monoisotopic (exact) mass is 449 g/mol. The Labute approximate surface area is 199 Å². The second-order valence-corrected chi connectivity index (χ2v) is 9.19. The molecule has 5 nitrogen and oxygen atoms in total. The van der Waals surface area contributed by atoms with Gasteiger partial charge in [0.1, 0.15) is 5.76 Å². The van der Waals surface area contributed by atoms with Gasteiger partial charge in [0.15, 0.2) is 0 Å². The molecule has 0 aliphatic carbocycles. The highest BCUT2D eigenvalue weighted by Crippen LogP contribution is 2.44. The number of fused-ring (bicyclic) bond motifs is 3. The standard InChI is InChI=1S/C29H27N3O2/c33-29(21-11-13-30-14-12-21)31-18-27-26(23-8-7-20-4-1-2-5-22(20)16-23)17-24-9-10-28(27)32(24)19-25-6-3-15-34-25/h1-8,11-16,24,28H,9-10,17-19H2,(H,31,33)/t24-,28+/m0/s1. The zero-order chi connectivity index (χ0) is 22.9. The van der Waals surface area contributed by atoms with Crippen LogP contribution in [0.15, 0.2) is 95.4 Å². The Kier molecular flexibility index (Phi) is 5.47. The van der Waals surface area contributed by atoms with E-state index in [0.717, 1.165) is 31.6 Å². The van der Waals surface area contributed by atoms with Crippen molar-refractivity contribution >= 4 is 22.3 Å². The van der Waals surface area contributed by atoms with Gasteiger partial charge in [-0.25, -0.2) is 0 Å². The Morgan fingerprint density at radius 3 is 2.68 bits per heavy atom. The number of benzene rings is 2. The van der Waals surface area contributed by atoms with Gasteiger partial charge in [0.05, 0.1) is 12.8 Å². The second kappa shape index (κ2) is 8.92. The van der Waals surface area contributed by atoms with Gasteiger partial charge in [-0.05, 0) is 77.1 Å². The van der Waals surface area contributed by atoms with Crippen LogP contribution in [0.25, 0.3) is 16.3 Å². The molecule has 1 N–H and O–H groups in total. The fraction of sp³-hybridized carbons (Fsp3) is 0.241. The number of nitrogens with one attached hydrogen (secondary N) is 1. The summed E-state index contributed by atoms with van der Waals surface area (Å²) in [6.07, 6.45) is 8.29. The molecule has 1 fully saturated rings. The number of aromatic nitrogens is 1. The fourth-order valence-electron chi connectivity index (χ4n) is 5.61. The fourth-order valence-corrected chi connectivity index (χ4v) is 5.61. The number of furan rings is 1. The lowest BCUT2D eigenvalue weighted by Gasteiger charge is -2.38. The minimum absolute atomic E-state index is 0.0644. The van der Waals surface area contributed by atoms with E-state index < -0.39 is 0 Å². The van der Waals surface area contributed by atoms with Gasteiger partial charge in [-0.2, -0.15) is 0 Å². The number of amides is 1.